The molecule has 8 rings (SSSR count). The Bertz CT molecular complexity index is 2200. The van der Waals surface area contributed by atoms with Gasteiger partial charge in [0.25, 0.3) is 0 Å². The lowest BCUT2D eigenvalue weighted by atomic mass is 10.0. The summed E-state index contributed by atoms with van der Waals surface area (Å²) in [4.78, 5) is 15.2. The standard InChI is InChI=1S/C39H26N4/c1-4-13-27(14-5-1)28-23-25-30(26-24-28)38-40-37(29-15-6-2-7-16-29)41-39(42-38)34-21-12-20-33-32-19-10-11-22-35(32)43(36(33)34)31-17-8-3-9-18-31/h1-26H. The molecule has 0 fully saturated rings. The van der Waals surface area contributed by atoms with Gasteiger partial charge in [0.1, 0.15) is 0 Å². The molecule has 0 unspecified atom stereocenters. The molecule has 0 N–H and O–H groups in total. The molecule has 2 heterocycles. The Hall–Kier alpha value is -5.87. The fraction of sp³-hybridized carbons (Fsp3) is 0. The van der Waals surface area contributed by atoms with E-state index in [0.717, 1.165) is 44.4 Å². The second kappa shape index (κ2) is 10.5. The maximum atomic E-state index is 5.12. The van der Waals surface area contributed by atoms with Crippen LogP contribution >= 0.6 is 0 Å². The van der Waals surface area contributed by atoms with Crippen LogP contribution in [0, 0.1) is 0 Å². The van der Waals surface area contributed by atoms with Crippen molar-refractivity contribution >= 4 is 21.8 Å². The summed E-state index contributed by atoms with van der Waals surface area (Å²) in [6.45, 7) is 0. The van der Waals surface area contributed by atoms with Crippen molar-refractivity contribution < 1.29 is 0 Å². The van der Waals surface area contributed by atoms with E-state index in [4.69, 9.17) is 15.0 Å². The quantitative estimate of drug-likeness (QED) is 0.214. The molecule has 0 amide bonds. The number of nitrogens with zero attached hydrogens (tertiary/aromatic N) is 4. The van der Waals surface area contributed by atoms with Crippen LogP contribution in [0.5, 0.6) is 0 Å². The van der Waals surface area contributed by atoms with Crippen LogP contribution in [0.25, 0.3) is 72.8 Å². The molecule has 6 aromatic carbocycles. The number of benzene rings is 6. The largest absolute Gasteiger partial charge is 0.309 e. The summed E-state index contributed by atoms with van der Waals surface area (Å²) in [6.07, 6.45) is 0. The van der Waals surface area contributed by atoms with Crippen LogP contribution < -0.4 is 0 Å². The number of hydrogen-bond acceptors (Lipinski definition) is 3. The van der Waals surface area contributed by atoms with Crippen molar-refractivity contribution in [3.05, 3.63) is 158 Å². The first-order chi connectivity index (χ1) is 21.3. The maximum absolute atomic E-state index is 5.12. The number of rotatable bonds is 5. The average Bonchev–Trinajstić information content (AvgIpc) is 3.44. The lowest BCUT2D eigenvalue weighted by molar-refractivity contribution is 1.07. The van der Waals surface area contributed by atoms with Crippen LogP contribution in [0.2, 0.25) is 0 Å². The molecule has 4 nitrogen and oxygen atoms in total. The zero-order valence-electron chi connectivity index (χ0n) is 23.3. The second-order valence-corrected chi connectivity index (χ2v) is 10.5. The highest BCUT2D eigenvalue weighted by atomic mass is 15.0. The van der Waals surface area contributed by atoms with Crippen molar-refractivity contribution in [2.45, 2.75) is 0 Å². The monoisotopic (exact) mass is 550 g/mol. The van der Waals surface area contributed by atoms with Crippen molar-refractivity contribution in [3.63, 3.8) is 0 Å². The molecule has 43 heavy (non-hydrogen) atoms. The van der Waals surface area contributed by atoms with E-state index < -0.39 is 0 Å². The molecule has 0 saturated heterocycles. The van der Waals surface area contributed by atoms with E-state index in [0.29, 0.717) is 17.5 Å². The summed E-state index contributed by atoms with van der Waals surface area (Å²) >= 11 is 0. The molecular formula is C39H26N4. The van der Waals surface area contributed by atoms with Gasteiger partial charge in [-0.1, -0.05) is 133 Å². The zero-order valence-corrected chi connectivity index (χ0v) is 23.3. The van der Waals surface area contributed by atoms with Gasteiger partial charge in [0.2, 0.25) is 0 Å². The lowest BCUT2D eigenvalue weighted by Gasteiger charge is -2.13. The highest BCUT2D eigenvalue weighted by molar-refractivity contribution is 6.13. The molecule has 0 aliphatic heterocycles. The number of fused-ring (bicyclic) bond motifs is 3. The molecule has 0 saturated carbocycles. The Morgan fingerprint density at radius 2 is 0.837 bits per heavy atom. The highest BCUT2D eigenvalue weighted by Crippen LogP contribution is 2.38. The maximum Gasteiger partial charge on any atom is 0.166 e. The Morgan fingerprint density at radius 3 is 1.53 bits per heavy atom. The van der Waals surface area contributed by atoms with E-state index in [1.54, 1.807) is 0 Å². The van der Waals surface area contributed by atoms with E-state index >= 15 is 0 Å². The molecule has 0 radical (unpaired) electrons. The van der Waals surface area contributed by atoms with Gasteiger partial charge in [-0.25, -0.2) is 15.0 Å². The molecule has 0 spiro atoms. The topological polar surface area (TPSA) is 43.6 Å². The Balaban J connectivity index is 1.37. The molecule has 0 aliphatic rings. The predicted octanol–water partition coefficient (Wildman–Crippen LogP) is 9.64. The van der Waals surface area contributed by atoms with Gasteiger partial charge in [-0.05, 0) is 35.4 Å². The van der Waals surface area contributed by atoms with Gasteiger partial charge in [0.15, 0.2) is 17.5 Å². The van der Waals surface area contributed by atoms with Crippen molar-refractivity contribution in [2.24, 2.45) is 0 Å². The van der Waals surface area contributed by atoms with Gasteiger partial charge in [0.05, 0.1) is 11.0 Å². The number of hydrogen-bond donors (Lipinski definition) is 0. The summed E-state index contributed by atoms with van der Waals surface area (Å²) in [7, 11) is 0. The Labute approximate surface area is 249 Å². The smallest absolute Gasteiger partial charge is 0.166 e. The van der Waals surface area contributed by atoms with Crippen molar-refractivity contribution in [3.8, 4) is 51.0 Å². The summed E-state index contributed by atoms with van der Waals surface area (Å²) in [5.41, 5.74) is 8.49. The van der Waals surface area contributed by atoms with Crippen LogP contribution in [0.15, 0.2) is 158 Å². The van der Waals surface area contributed by atoms with E-state index in [9.17, 15) is 0 Å². The number of para-hydroxylation sites is 3. The average molecular weight is 551 g/mol. The summed E-state index contributed by atoms with van der Waals surface area (Å²) in [5.74, 6) is 1.93. The Morgan fingerprint density at radius 1 is 0.349 bits per heavy atom. The summed E-state index contributed by atoms with van der Waals surface area (Å²) in [5, 5.41) is 2.35. The van der Waals surface area contributed by atoms with Crippen molar-refractivity contribution in [1.82, 2.24) is 19.5 Å². The molecule has 0 aliphatic carbocycles. The van der Waals surface area contributed by atoms with E-state index in [2.05, 4.69) is 120 Å². The molecule has 202 valence electrons. The third-order valence-corrected chi connectivity index (χ3v) is 7.87. The van der Waals surface area contributed by atoms with E-state index in [-0.39, 0.29) is 0 Å². The predicted molar refractivity (Wildman–Crippen MR) is 176 cm³/mol. The first kappa shape index (κ1) is 24.9. The fourth-order valence-electron chi connectivity index (χ4n) is 5.83. The Kier molecular flexibility index (Phi) is 6.08. The lowest BCUT2D eigenvalue weighted by Crippen LogP contribution is -2.02. The third-order valence-electron chi connectivity index (χ3n) is 7.87. The highest BCUT2D eigenvalue weighted by Gasteiger charge is 2.19. The molecule has 0 atom stereocenters. The minimum atomic E-state index is 0.640. The van der Waals surface area contributed by atoms with Crippen molar-refractivity contribution in [1.29, 1.82) is 0 Å². The van der Waals surface area contributed by atoms with Crippen LogP contribution in [0.4, 0.5) is 0 Å². The zero-order chi connectivity index (χ0) is 28.6. The van der Waals surface area contributed by atoms with Crippen LogP contribution in [0.3, 0.4) is 0 Å². The minimum Gasteiger partial charge on any atom is -0.309 e. The van der Waals surface area contributed by atoms with Gasteiger partial charge in [-0.15, -0.1) is 0 Å². The van der Waals surface area contributed by atoms with Gasteiger partial charge in [-0.3, -0.25) is 0 Å². The first-order valence-corrected chi connectivity index (χ1v) is 14.4. The van der Waals surface area contributed by atoms with E-state index in [1.807, 2.05) is 42.5 Å². The van der Waals surface area contributed by atoms with Crippen molar-refractivity contribution in [2.75, 3.05) is 0 Å². The normalized spacial score (nSPS) is 11.3. The molecule has 4 heteroatoms. The van der Waals surface area contributed by atoms with Gasteiger partial charge in [0, 0.05) is 33.2 Å². The second-order valence-electron chi connectivity index (χ2n) is 10.5. The van der Waals surface area contributed by atoms with Gasteiger partial charge in [-0.2, -0.15) is 0 Å². The van der Waals surface area contributed by atoms with Gasteiger partial charge < -0.3 is 4.57 Å². The molecule has 2 aromatic heterocycles. The van der Waals surface area contributed by atoms with E-state index in [1.165, 1.54) is 10.9 Å². The molecular weight excluding hydrogens is 524 g/mol. The fourth-order valence-corrected chi connectivity index (χ4v) is 5.83. The molecule has 0 bridgehead atoms. The summed E-state index contributed by atoms with van der Waals surface area (Å²) < 4.78 is 2.32. The minimum absolute atomic E-state index is 0.640. The summed E-state index contributed by atoms with van der Waals surface area (Å²) in [6, 6.07) is 54.4. The molecule has 8 aromatic rings. The van der Waals surface area contributed by atoms with Gasteiger partial charge >= 0.3 is 0 Å². The van der Waals surface area contributed by atoms with Crippen LogP contribution in [-0.4, -0.2) is 19.5 Å². The number of aromatic nitrogens is 4. The van der Waals surface area contributed by atoms with Crippen LogP contribution in [0.1, 0.15) is 0 Å². The first-order valence-electron chi connectivity index (χ1n) is 14.4. The third kappa shape index (κ3) is 4.46. The van der Waals surface area contributed by atoms with Crippen LogP contribution in [-0.2, 0) is 0 Å². The SMILES string of the molecule is c1ccc(-c2ccc(-c3nc(-c4ccccc4)nc(-c4cccc5c6ccccc6n(-c6ccccc6)c45)n3)cc2)cc1.